The Kier molecular flexibility index (Phi) is 9.92. The van der Waals surface area contributed by atoms with Crippen molar-refractivity contribution in [1.82, 2.24) is 4.90 Å². The third-order valence-electron chi connectivity index (χ3n) is 9.23. The van der Waals surface area contributed by atoms with Gasteiger partial charge in [0.2, 0.25) is 0 Å². The van der Waals surface area contributed by atoms with Crippen molar-refractivity contribution < 1.29 is 58.6 Å². The van der Waals surface area contributed by atoms with Crippen LogP contribution in [-0.2, 0) is 35.9 Å². The van der Waals surface area contributed by atoms with Crippen LogP contribution in [0.2, 0.25) is 18.1 Å². The van der Waals surface area contributed by atoms with Gasteiger partial charge in [-0.05, 0) is 87.1 Å². The maximum Gasteiger partial charge on any atom is 0.430 e. The number of ether oxygens (including phenoxy) is 1. The van der Waals surface area contributed by atoms with Crippen LogP contribution >= 0.6 is 0 Å². The van der Waals surface area contributed by atoms with Gasteiger partial charge in [0.05, 0.1) is 22.8 Å². The predicted molar refractivity (Wildman–Crippen MR) is 174 cm³/mol. The van der Waals surface area contributed by atoms with Crippen molar-refractivity contribution in [2.24, 2.45) is 0 Å². The van der Waals surface area contributed by atoms with Crippen LogP contribution in [0.15, 0.2) is 47.4 Å². The molecule has 0 spiro atoms. The third-order valence-corrected chi connectivity index (χ3v) is 15.7. The average Bonchev–Trinajstić information content (AvgIpc) is 3.54. The van der Waals surface area contributed by atoms with Gasteiger partial charge in [-0.25, -0.2) is 13.2 Å². The molecule has 278 valence electrons. The summed E-state index contributed by atoms with van der Waals surface area (Å²) in [7, 11) is -6.20. The van der Waals surface area contributed by atoms with Crippen LogP contribution in [-0.4, -0.2) is 68.0 Å². The monoisotopic (exact) mass is 752 g/mol. The molecule has 1 fully saturated rings. The molecule has 1 aliphatic carbocycles. The smallest absolute Gasteiger partial charge is 0.430 e. The van der Waals surface area contributed by atoms with Gasteiger partial charge in [0, 0.05) is 11.3 Å². The SMILES string of the molecule is CC(C)(C)OC(=O)N1Cc2cc(S(=O)(=O)CC3(O[Si](C)(C)C(C)(C)C)CC3)ccc2C1C(=O)Nc1ccc(C(O)(C(F)(F)F)C(F)(F)F)cc1. The van der Waals surface area contributed by atoms with Gasteiger partial charge in [0.1, 0.15) is 11.6 Å². The minimum absolute atomic E-state index is 0.0380. The lowest BCUT2D eigenvalue weighted by molar-refractivity contribution is -0.376. The zero-order valence-corrected chi connectivity index (χ0v) is 30.8. The summed E-state index contributed by atoms with van der Waals surface area (Å²) in [5.41, 5.74) is -8.15. The Bertz CT molecular complexity index is 1730. The topological polar surface area (TPSA) is 122 Å². The molecule has 50 heavy (non-hydrogen) atoms. The fourth-order valence-electron chi connectivity index (χ4n) is 5.43. The summed E-state index contributed by atoms with van der Waals surface area (Å²) in [6, 6.07) is 4.93. The van der Waals surface area contributed by atoms with E-state index in [-0.39, 0.29) is 33.5 Å². The van der Waals surface area contributed by atoms with Gasteiger partial charge in [-0.1, -0.05) is 39.0 Å². The van der Waals surface area contributed by atoms with E-state index in [9.17, 15) is 49.5 Å². The van der Waals surface area contributed by atoms with E-state index in [1.165, 1.54) is 18.2 Å². The average molecular weight is 753 g/mol. The summed E-state index contributed by atoms with van der Waals surface area (Å²) >= 11 is 0. The second-order valence-corrected chi connectivity index (χ2v) is 22.2. The molecule has 2 aliphatic rings. The fourth-order valence-corrected chi connectivity index (χ4v) is 9.00. The van der Waals surface area contributed by atoms with E-state index >= 15 is 0 Å². The Morgan fingerprint density at radius 3 is 1.94 bits per heavy atom. The Labute approximate surface area is 288 Å². The second kappa shape index (κ2) is 12.5. The molecule has 2 aromatic rings. The maximum absolute atomic E-state index is 13.7. The first-order valence-corrected chi connectivity index (χ1v) is 20.3. The molecular weight excluding hydrogens is 711 g/mol. The molecule has 1 heterocycles. The van der Waals surface area contributed by atoms with Crippen LogP contribution < -0.4 is 5.32 Å². The number of nitrogens with one attached hydrogen (secondary N) is 1. The number of carbonyl (C=O) groups is 2. The number of aliphatic hydroxyl groups is 1. The zero-order valence-electron chi connectivity index (χ0n) is 29.0. The highest BCUT2D eigenvalue weighted by atomic mass is 32.2. The van der Waals surface area contributed by atoms with Gasteiger partial charge < -0.3 is 19.6 Å². The second-order valence-electron chi connectivity index (χ2n) is 15.4. The molecule has 1 atom stereocenters. The number of sulfone groups is 1. The van der Waals surface area contributed by atoms with E-state index in [0.29, 0.717) is 30.5 Å². The highest BCUT2D eigenvalue weighted by molar-refractivity contribution is 7.91. The van der Waals surface area contributed by atoms with Crippen molar-refractivity contribution in [2.75, 3.05) is 11.1 Å². The van der Waals surface area contributed by atoms with E-state index < -0.39 is 70.9 Å². The Morgan fingerprint density at radius 2 is 1.48 bits per heavy atom. The number of hydrogen-bond donors (Lipinski definition) is 2. The molecule has 0 bridgehead atoms. The number of alkyl halides is 6. The van der Waals surface area contributed by atoms with E-state index in [0.717, 1.165) is 17.0 Å². The quantitative estimate of drug-likeness (QED) is 0.209. The van der Waals surface area contributed by atoms with Crippen LogP contribution in [0.3, 0.4) is 0 Å². The van der Waals surface area contributed by atoms with Crippen molar-refractivity contribution in [1.29, 1.82) is 0 Å². The lowest BCUT2D eigenvalue weighted by atomic mass is 9.92. The number of anilines is 1. The van der Waals surface area contributed by atoms with Crippen LogP contribution in [0.5, 0.6) is 0 Å². The molecule has 0 aromatic heterocycles. The van der Waals surface area contributed by atoms with Gasteiger partial charge in [-0.2, -0.15) is 26.3 Å². The summed E-state index contributed by atoms with van der Waals surface area (Å²) in [6.45, 7) is 14.8. The molecule has 17 heteroatoms. The third kappa shape index (κ3) is 7.84. The predicted octanol–water partition coefficient (Wildman–Crippen LogP) is 7.76. The zero-order chi connectivity index (χ0) is 38.1. The van der Waals surface area contributed by atoms with E-state index in [4.69, 9.17) is 9.16 Å². The first-order chi connectivity index (χ1) is 22.4. The molecule has 2 amide bonds. The van der Waals surface area contributed by atoms with Gasteiger partial charge in [0.15, 0.2) is 18.2 Å². The van der Waals surface area contributed by atoms with E-state index in [1.807, 2.05) is 13.1 Å². The van der Waals surface area contributed by atoms with Gasteiger partial charge >= 0.3 is 18.4 Å². The number of fused-ring (bicyclic) bond motifs is 1. The van der Waals surface area contributed by atoms with E-state index in [2.05, 4.69) is 26.1 Å². The number of carbonyl (C=O) groups excluding carboxylic acids is 2. The van der Waals surface area contributed by atoms with Crippen molar-refractivity contribution in [3.63, 3.8) is 0 Å². The van der Waals surface area contributed by atoms with Crippen LogP contribution in [0, 0.1) is 0 Å². The largest absolute Gasteiger partial charge is 0.444 e. The standard InChI is InChI=1S/C33H42F6N2O7SSi/c1-28(2,3)47-27(43)41-18-20-17-23(49(45,46)19-30(15-16-30)48-50(7,8)29(4,5)6)13-14-24(20)25(41)26(42)40-22-11-9-21(10-12-22)31(44,32(34,35)36)33(37,38)39/h9-14,17,25,44H,15-16,18-19H2,1-8H3,(H,40,42). The molecule has 2 N–H and O–H groups in total. The van der Waals surface area contributed by atoms with Crippen molar-refractivity contribution in [3.8, 4) is 0 Å². The Balaban J connectivity index is 1.64. The number of halogens is 6. The van der Waals surface area contributed by atoms with Crippen molar-refractivity contribution >= 4 is 35.8 Å². The van der Waals surface area contributed by atoms with Gasteiger partial charge in [-0.3, -0.25) is 9.69 Å². The Hall–Kier alpha value is -3.15. The molecule has 4 rings (SSSR count). The minimum atomic E-state index is -6.10. The maximum atomic E-state index is 13.7. The highest BCUT2D eigenvalue weighted by Gasteiger charge is 2.71. The number of rotatable bonds is 8. The summed E-state index contributed by atoms with van der Waals surface area (Å²) in [5.74, 6) is -1.15. The van der Waals surface area contributed by atoms with Crippen molar-refractivity contribution in [3.05, 3.63) is 59.2 Å². The van der Waals surface area contributed by atoms with Crippen LogP contribution in [0.4, 0.5) is 36.8 Å². The highest BCUT2D eigenvalue weighted by Crippen LogP contribution is 2.51. The molecule has 1 saturated carbocycles. The number of amides is 2. The van der Waals surface area contributed by atoms with Gasteiger partial charge in [0.25, 0.3) is 11.5 Å². The number of benzene rings is 2. The molecule has 1 aliphatic heterocycles. The summed E-state index contributed by atoms with van der Waals surface area (Å²) in [4.78, 5) is 27.9. The normalized spacial score (nSPS) is 18.5. The Morgan fingerprint density at radius 1 is 0.940 bits per heavy atom. The van der Waals surface area contributed by atoms with E-state index in [1.54, 1.807) is 20.8 Å². The first-order valence-electron chi connectivity index (χ1n) is 15.8. The molecule has 9 nitrogen and oxygen atoms in total. The fraction of sp³-hybridized carbons (Fsp3) is 0.576. The summed E-state index contributed by atoms with van der Waals surface area (Å²) in [6.07, 6.45) is -11.9. The summed E-state index contributed by atoms with van der Waals surface area (Å²) in [5, 5.41) is 11.9. The van der Waals surface area contributed by atoms with Crippen molar-refractivity contribution in [2.45, 2.75) is 119 Å². The van der Waals surface area contributed by atoms with Crippen LogP contribution in [0.25, 0.3) is 0 Å². The van der Waals surface area contributed by atoms with Crippen LogP contribution in [0.1, 0.15) is 77.1 Å². The molecule has 1 unspecified atom stereocenters. The molecule has 0 radical (unpaired) electrons. The molecular formula is C33H42F6N2O7SSi. The molecule has 0 saturated heterocycles. The lowest BCUT2D eigenvalue weighted by Gasteiger charge is -2.39. The number of hydrogen-bond acceptors (Lipinski definition) is 7. The van der Waals surface area contributed by atoms with Gasteiger partial charge in [-0.15, -0.1) is 0 Å². The minimum Gasteiger partial charge on any atom is -0.444 e. The lowest BCUT2D eigenvalue weighted by Crippen LogP contribution is -2.53. The number of nitrogens with zero attached hydrogens (tertiary/aromatic N) is 1. The summed E-state index contributed by atoms with van der Waals surface area (Å²) < 4.78 is 119. The first kappa shape index (κ1) is 39.6. The molecule has 2 aromatic carbocycles.